The molecule has 0 aliphatic carbocycles. The lowest BCUT2D eigenvalue weighted by atomic mass is 9.31. The van der Waals surface area contributed by atoms with Crippen LogP contribution in [-0.2, 0) is 0 Å². The van der Waals surface area contributed by atoms with E-state index in [1.165, 1.54) is 22.3 Å². The molecule has 0 bridgehead atoms. The average Bonchev–Trinajstić information content (AvgIpc) is 3.32. The number of aromatic nitrogens is 3. The Hall–Kier alpha value is -7.90. The SMILES string of the molecule is c1ccc(N2c3ccccc3B3c4cc5c(nc4N(c4ccccc4)c4cccc2c43)N(c2ccccc2)c2nccc3c2B5c2cccnc2N3c2ccccc2)cc1. The summed E-state index contributed by atoms with van der Waals surface area (Å²) in [7, 11) is 0. The van der Waals surface area contributed by atoms with E-state index >= 15 is 0 Å². The molecule has 7 nitrogen and oxygen atoms in total. The van der Waals surface area contributed by atoms with Gasteiger partial charge < -0.3 is 4.90 Å². The highest BCUT2D eigenvalue weighted by Gasteiger charge is 2.49. The van der Waals surface area contributed by atoms with Crippen molar-refractivity contribution in [3.8, 4) is 0 Å². The van der Waals surface area contributed by atoms with Crippen LogP contribution in [0.4, 0.5) is 68.8 Å². The Bertz CT molecular complexity index is 2940. The highest BCUT2D eigenvalue weighted by molar-refractivity contribution is 7.03. The molecule has 0 radical (unpaired) electrons. The van der Waals surface area contributed by atoms with E-state index in [0.29, 0.717) is 0 Å². The summed E-state index contributed by atoms with van der Waals surface area (Å²) in [6.07, 6.45) is 3.83. The fourth-order valence-corrected chi connectivity index (χ4v) is 10.2. The molecule has 6 aromatic carbocycles. The van der Waals surface area contributed by atoms with Gasteiger partial charge in [0.05, 0.1) is 0 Å². The summed E-state index contributed by atoms with van der Waals surface area (Å²) < 4.78 is 0. The molecule has 9 aromatic rings. The molecular formula is C51H33B2N7. The van der Waals surface area contributed by atoms with Gasteiger partial charge in [-0.25, -0.2) is 15.0 Å². The van der Waals surface area contributed by atoms with E-state index in [9.17, 15) is 0 Å². The van der Waals surface area contributed by atoms with Gasteiger partial charge in [0.15, 0.2) is 0 Å². The first-order valence-corrected chi connectivity index (χ1v) is 20.4. The largest absolute Gasteiger partial charge is 0.311 e. The van der Waals surface area contributed by atoms with Gasteiger partial charge in [0, 0.05) is 57.9 Å². The van der Waals surface area contributed by atoms with Gasteiger partial charge in [-0.05, 0) is 112 Å². The quantitative estimate of drug-likeness (QED) is 0.168. The fraction of sp³-hybridized carbons (Fsp3) is 0. The van der Waals surface area contributed by atoms with Crippen molar-refractivity contribution in [1.82, 2.24) is 15.0 Å². The lowest BCUT2D eigenvalue weighted by molar-refractivity contribution is 1.10. The molecule has 7 heterocycles. The number of pyridine rings is 3. The molecule has 60 heavy (non-hydrogen) atoms. The molecule has 9 heteroatoms. The Morgan fingerprint density at radius 2 is 0.767 bits per heavy atom. The first-order valence-electron chi connectivity index (χ1n) is 20.4. The molecule has 0 saturated heterocycles. The van der Waals surface area contributed by atoms with Gasteiger partial charge in [0.25, 0.3) is 13.4 Å². The smallest absolute Gasteiger partial charge is 0.258 e. The van der Waals surface area contributed by atoms with Crippen LogP contribution in [0.5, 0.6) is 0 Å². The highest BCUT2D eigenvalue weighted by Crippen LogP contribution is 2.46. The summed E-state index contributed by atoms with van der Waals surface area (Å²) in [5.41, 5.74) is 15.8. The number of para-hydroxylation sites is 5. The molecule has 0 fully saturated rings. The number of fused-ring (bicyclic) bond motifs is 8. The van der Waals surface area contributed by atoms with Crippen molar-refractivity contribution in [1.29, 1.82) is 0 Å². The summed E-state index contributed by atoms with van der Waals surface area (Å²) in [4.78, 5) is 25.7. The van der Waals surface area contributed by atoms with Crippen LogP contribution < -0.4 is 52.4 Å². The molecule has 0 unspecified atom stereocenters. The zero-order valence-electron chi connectivity index (χ0n) is 32.3. The number of anilines is 12. The second-order valence-electron chi connectivity index (χ2n) is 15.6. The Balaban J connectivity index is 1.14. The van der Waals surface area contributed by atoms with Crippen molar-refractivity contribution in [2.24, 2.45) is 0 Å². The van der Waals surface area contributed by atoms with Crippen LogP contribution in [-0.4, -0.2) is 28.4 Å². The van der Waals surface area contributed by atoms with Crippen LogP contribution in [0.2, 0.25) is 0 Å². The van der Waals surface area contributed by atoms with Crippen molar-refractivity contribution < 1.29 is 0 Å². The van der Waals surface area contributed by atoms with Crippen LogP contribution in [0.15, 0.2) is 200 Å². The molecule has 0 atom stereocenters. The fourth-order valence-electron chi connectivity index (χ4n) is 10.2. The van der Waals surface area contributed by atoms with Crippen LogP contribution >= 0.6 is 0 Å². The van der Waals surface area contributed by atoms with Crippen LogP contribution in [0.1, 0.15) is 0 Å². The number of benzene rings is 6. The second-order valence-corrected chi connectivity index (χ2v) is 15.6. The standard InChI is InChI=1S/C51H33B2N7/c1-5-17-34(18-6-1)57-42-27-14-13-25-38(42)52-40-33-41-50(56-49(40)59(36-21-9-3-10-22-36)44-29-15-28-43(57)46(44)52)60(37-23-11-4-12-24-37)51-47-45(30-32-55-51)58(35-19-7-2-8-20-35)48-39(53(41)47)26-16-31-54-48/h1-33H. The van der Waals surface area contributed by atoms with E-state index in [1.807, 2.05) is 12.4 Å². The van der Waals surface area contributed by atoms with E-state index in [-0.39, 0.29) is 13.4 Å². The molecule has 13 rings (SSSR count). The van der Waals surface area contributed by atoms with Crippen molar-refractivity contribution in [3.63, 3.8) is 0 Å². The molecule has 0 amide bonds. The molecule has 4 aliphatic heterocycles. The highest BCUT2D eigenvalue weighted by atomic mass is 15.3. The summed E-state index contributed by atoms with van der Waals surface area (Å²) >= 11 is 0. The van der Waals surface area contributed by atoms with E-state index in [4.69, 9.17) is 15.0 Å². The maximum atomic E-state index is 5.94. The maximum Gasteiger partial charge on any atom is 0.258 e. The maximum absolute atomic E-state index is 5.94. The first-order chi connectivity index (χ1) is 29.8. The lowest BCUT2D eigenvalue weighted by Crippen LogP contribution is -2.66. The Labute approximate surface area is 348 Å². The number of nitrogens with zero attached hydrogens (tertiary/aromatic N) is 7. The van der Waals surface area contributed by atoms with E-state index in [0.717, 1.165) is 79.2 Å². The van der Waals surface area contributed by atoms with E-state index < -0.39 is 0 Å². The number of hydrogen-bond donors (Lipinski definition) is 0. The van der Waals surface area contributed by atoms with Crippen LogP contribution in [0, 0.1) is 0 Å². The van der Waals surface area contributed by atoms with Crippen molar-refractivity contribution in [2.45, 2.75) is 0 Å². The monoisotopic (exact) mass is 765 g/mol. The molecule has 278 valence electrons. The van der Waals surface area contributed by atoms with Gasteiger partial charge in [-0.15, -0.1) is 0 Å². The van der Waals surface area contributed by atoms with Gasteiger partial charge in [0.1, 0.15) is 23.3 Å². The summed E-state index contributed by atoms with van der Waals surface area (Å²) in [6.45, 7) is -0.264. The molecule has 0 saturated carbocycles. The number of rotatable bonds is 4. The van der Waals surface area contributed by atoms with Crippen molar-refractivity contribution in [2.75, 3.05) is 19.6 Å². The Morgan fingerprint density at radius 3 is 1.43 bits per heavy atom. The van der Waals surface area contributed by atoms with Gasteiger partial charge in [-0.3, -0.25) is 14.7 Å². The Morgan fingerprint density at radius 1 is 0.300 bits per heavy atom. The Kier molecular flexibility index (Phi) is 7.06. The molecule has 0 N–H and O–H groups in total. The molecule has 3 aromatic heterocycles. The molecule has 0 spiro atoms. The van der Waals surface area contributed by atoms with Gasteiger partial charge in [-0.2, -0.15) is 0 Å². The minimum absolute atomic E-state index is 0.0853. The third-order valence-electron chi connectivity index (χ3n) is 12.5. The lowest BCUT2D eigenvalue weighted by Gasteiger charge is -2.45. The van der Waals surface area contributed by atoms with Crippen LogP contribution in [0.3, 0.4) is 0 Å². The molecule has 4 aliphatic rings. The van der Waals surface area contributed by atoms with E-state index in [2.05, 4.69) is 208 Å². The first kappa shape index (κ1) is 33.1. The summed E-state index contributed by atoms with van der Waals surface area (Å²) in [5.74, 6) is 3.55. The topological polar surface area (TPSA) is 51.6 Å². The summed E-state index contributed by atoms with van der Waals surface area (Å²) in [5, 5.41) is 0. The number of hydrogen-bond acceptors (Lipinski definition) is 7. The van der Waals surface area contributed by atoms with Gasteiger partial charge in [-0.1, -0.05) is 109 Å². The van der Waals surface area contributed by atoms with Crippen LogP contribution in [0.25, 0.3) is 0 Å². The zero-order valence-corrected chi connectivity index (χ0v) is 32.3. The third-order valence-corrected chi connectivity index (χ3v) is 12.5. The summed E-state index contributed by atoms with van der Waals surface area (Å²) in [6, 6.07) is 67.1. The van der Waals surface area contributed by atoms with Gasteiger partial charge in [0.2, 0.25) is 0 Å². The van der Waals surface area contributed by atoms with Gasteiger partial charge >= 0.3 is 0 Å². The van der Waals surface area contributed by atoms with Crippen molar-refractivity contribution in [3.05, 3.63) is 200 Å². The average molecular weight is 765 g/mol. The third kappa shape index (κ3) is 4.60. The predicted molar refractivity (Wildman–Crippen MR) is 248 cm³/mol. The minimum Gasteiger partial charge on any atom is -0.311 e. The van der Waals surface area contributed by atoms with Crippen molar-refractivity contribution >= 4 is 115 Å². The minimum atomic E-state index is -0.179. The zero-order chi connectivity index (χ0) is 39.3. The van der Waals surface area contributed by atoms with E-state index in [1.54, 1.807) is 0 Å². The molecular weight excluding hydrogens is 732 g/mol. The normalized spacial score (nSPS) is 13.8. The second kappa shape index (κ2) is 12.8. The predicted octanol–water partition coefficient (Wildman–Crippen LogP) is 8.04.